The smallest absolute Gasteiger partial charge is 0.337 e. The summed E-state index contributed by atoms with van der Waals surface area (Å²) in [4.78, 5) is 10.1. The van der Waals surface area contributed by atoms with Crippen LogP contribution >= 0.6 is 0 Å². The average molecular weight is 274 g/mol. The van der Waals surface area contributed by atoms with Gasteiger partial charge in [-0.3, -0.25) is 0 Å². The van der Waals surface area contributed by atoms with E-state index in [1.165, 1.54) is 0 Å². The van der Waals surface area contributed by atoms with Crippen molar-refractivity contribution >= 4 is 15.8 Å². The lowest BCUT2D eigenvalue weighted by Gasteiger charge is -2.09. The molecule has 1 aromatic rings. The number of halogens is 1. The van der Waals surface area contributed by atoms with Gasteiger partial charge in [-0.15, -0.1) is 0 Å². The van der Waals surface area contributed by atoms with Crippen LogP contribution in [0.4, 0.5) is 4.39 Å². The number of hydrogen-bond acceptors (Lipinski definition) is 4. The van der Waals surface area contributed by atoms with Gasteiger partial charge in [-0.1, -0.05) is 6.07 Å². The van der Waals surface area contributed by atoms with Crippen molar-refractivity contribution < 1.29 is 27.8 Å². The summed E-state index contributed by atoms with van der Waals surface area (Å²) in [5.74, 6) is -2.55. The van der Waals surface area contributed by atoms with Gasteiger partial charge in [-0.2, -0.15) is 0 Å². The van der Waals surface area contributed by atoms with Crippen molar-refractivity contribution in [2.45, 2.75) is 29.1 Å². The second-order valence-corrected chi connectivity index (χ2v) is 6.37. The largest absolute Gasteiger partial charge is 0.479 e. The van der Waals surface area contributed by atoms with Gasteiger partial charge in [-0.25, -0.2) is 17.6 Å². The Kier molecular flexibility index (Phi) is 3.12. The normalized spacial score (nSPS) is 17.4. The number of aliphatic carboxylic acids is 1. The molecule has 1 atom stereocenters. The molecule has 18 heavy (non-hydrogen) atoms. The van der Waals surface area contributed by atoms with Crippen LogP contribution in [0.3, 0.4) is 0 Å². The first kappa shape index (κ1) is 13.0. The zero-order valence-corrected chi connectivity index (χ0v) is 10.0. The first-order valence-corrected chi connectivity index (χ1v) is 6.83. The molecule has 0 radical (unpaired) electrons. The number of carboxylic acids is 1. The third kappa shape index (κ3) is 2.23. The van der Waals surface area contributed by atoms with Gasteiger partial charge in [0.1, 0.15) is 10.7 Å². The number of sulfone groups is 1. The van der Waals surface area contributed by atoms with Crippen molar-refractivity contribution in [2.24, 2.45) is 0 Å². The Balaban J connectivity index is 2.39. The number of aliphatic hydroxyl groups is 1. The highest BCUT2D eigenvalue weighted by Crippen LogP contribution is 2.35. The maximum Gasteiger partial charge on any atom is 0.337 e. The van der Waals surface area contributed by atoms with Crippen LogP contribution in [0.15, 0.2) is 23.1 Å². The lowest BCUT2D eigenvalue weighted by atomic mass is 10.1. The Morgan fingerprint density at radius 1 is 1.39 bits per heavy atom. The minimum atomic E-state index is -3.66. The second-order valence-electron chi connectivity index (χ2n) is 4.18. The fourth-order valence-electron chi connectivity index (χ4n) is 1.62. The Labute approximate surface area is 103 Å². The molecule has 1 aliphatic rings. The average Bonchev–Trinajstić information content (AvgIpc) is 3.11. The van der Waals surface area contributed by atoms with E-state index < -0.39 is 37.9 Å². The van der Waals surface area contributed by atoms with Crippen LogP contribution in [-0.2, 0) is 14.6 Å². The molecule has 7 heteroatoms. The molecule has 0 bridgehead atoms. The number of carboxylic acid groups (broad SMARTS) is 1. The molecule has 1 aromatic carbocycles. The number of benzene rings is 1. The van der Waals surface area contributed by atoms with Crippen molar-refractivity contribution in [1.82, 2.24) is 0 Å². The molecule has 2 N–H and O–H groups in total. The summed E-state index contributed by atoms with van der Waals surface area (Å²) in [5, 5.41) is 17.2. The van der Waals surface area contributed by atoms with Gasteiger partial charge < -0.3 is 10.2 Å². The van der Waals surface area contributed by atoms with E-state index in [0.717, 1.165) is 18.2 Å². The van der Waals surface area contributed by atoms with Gasteiger partial charge in [0, 0.05) is 0 Å². The molecule has 0 aliphatic heterocycles. The standard InChI is InChI=1S/C11H11FO5S/c12-8-5-6(10(13)11(14)15)1-4-9(8)18(16,17)7-2-3-7/h1,4-5,7,10,13H,2-3H2,(H,14,15). The van der Waals surface area contributed by atoms with Crippen LogP contribution in [-0.4, -0.2) is 29.9 Å². The topological polar surface area (TPSA) is 91.7 Å². The van der Waals surface area contributed by atoms with Crippen LogP contribution in [0.2, 0.25) is 0 Å². The van der Waals surface area contributed by atoms with E-state index in [1.54, 1.807) is 0 Å². The first-order valence-electron chi connectivity index (χ1n) is 5.28. The molecule has 2 rings (SSSR count). The maximum atomic E-state index is 13.7. The van der Waals surface area contributed by atoms with Crippen LogP contribution < -0.4 is 0 Å². The van der Waals surface area contributed by atoms with Gasteiger partial charge in [0.15, 0.2) is 15.9 Å². The van der Waals surface area contributed by atoms with Gasteiger partial charge in [0.25, 0.3) is 0 Å². The van der Waals surface area contributed by atoms with Crippen LogP contribution in [0.5, 0.6) is 0 Å². The van der Waals surface area contributed by atoms with E-state index in [1.807, 2.05) is 0 Å². The monoisotopic (exact) mass is 274 g/mol. The van der Waals surface area contributed by atoms with E-state index in [0.29, 0.717) is 12.8 Å². The molecule has 1 unspecified atom stereocenters. The molecule has 0 heterocycles. The van der Waals surface area contributed by atoms with Crippen LogP contribution in [0.1, 0.15) is 24.5 Å². The van der Waals surface area contributed by atoms with Crippen molar-refractivity contribution in [1.29, 1.82) is 0 Å². The number of hydrogen-bond donors (Lipinski definition) is 2. The molecule has 0 spiro atoms. The number of aliphatic hydroxyl groups excluding tert-OH is 1. The summed E-state index contributed by atoms with van der Waals surface area (Å²) in [7, 11) is -3.66. The summed E-state index contributed by atoms with van der Waals surface area (Å²) in [6.45, 7) is 0. The quantitative estimate of drug-likeness (QED) is 0.850. The fourth-order valence-corrected chi connectivity index (χ4v) is 3.32. The summed E-state index contributed by atoms with van der Waals surface area (Å²) in [5.41, 5.74) is -0.185. The second kappa shape index (κ2) is 4.33. The zero-order valence-electron chi connectivity index (χ0n) is 9.21. The molecule has 5 nitrogen and oxygen atoms in total. The zero-order chi connectivity index (χ0) is 13.5. The van der Waals surface area contributed by atoms with Gasteiger partial charge in [-0.05, 0) is 30.5 Å². The molecule has 0 saturated heterocycles. The van der Waals surface area contributed by atoms with Crippen molar-refractivity contribution in [3.05, 3.63) is 29.6 Å². The van der Waals surface area contributed by atoms with E-state index in [9.17, 15) is 22.7 Å². The predicted octanol–water partition coefficient (Wildman–Crippen LogP) is 0.880. The SMILES string of the molecule is O=C(O)C(O)c1ccc(S(=O)(=O)C2CC2)c(F)c1. The van der Waals surface area contributed by atoms with Gasteiger partial charge in [0.05, 0.1) is 5.25 Å². The van der Waals surface area contributed by atoms with Gasteiger partial charge in [0.2, 0.25) is 0 Å². The maximum absolute atomic E-state index is 13.7. The Bertz CT molecular complexity index is 591. The highest BCUT2D eigenvalue weighted by Gasteiger charge is 2.38. The van der Waals surface area contributed by atoms with Crippen molar-refractivity contribution in [3.8, 4) is 0 Å². The highest BCUT2D eigenvalue weighted by molar-refractivity contribution is 7.92. The van der Waals surface area contributed by atoms with Crippen LogP contribution in [0, 0.1) is 5.82 Å². The molecule has 0 aromatic heterocycles. The Morgan fingerprint density at radius 2 is 2.00 bits per heavy atom. The highest BCUT2D eigenvalue weighted by atomic mass is 32.2. The Morgan fingerprint density at radius 3 is 2.44 bits per heavy atom. The number of carbonyl (C=O) groups is 1. The molecule has 1 fully saturated rings. The van der Waals surface area contributed by atoms with Crippen molar-refractivity contribution in [3.63, 3.8) is 0 Å². The summed E-state index contributed by atoms with van der Waals surface area (Å²) in [6, 6.07) is 2.86. The minimum absolute atomic E-state index is 0.185. The molecule has 0 amide bonds. The van der Waals surface area contributed by atoms with E-state index >= 15 is 0 Å². The van der Waals surface area contributed by atoms with E-state index in [2.05, 4.69) is 0 Å². The van der Waals surface area contributed by atoms with Crippen molar-refractivity contribution in [2.75, 3.05) is 0 Å². The Hall–Kier alpha value is -1.47. The predicted molar refractivity (Wildman–Crippen MR) is 59.2 cm³/mol. The minimum Gasteiger partial charge on any atom is -0.479 e. The van der Waals surface area contributed by atoms with Crippen LogP contribution in [0.25, 0.3) is 0 Å². The molecular weight excluding hydrogens is 263 g/mol. The molecule has 1 aliphatic carbocycles. The lowest BCUT2D eigenvalue weighted by Crippen LogP contribution is -2.13. The first-order chi connectivity index (χ1) is 8.34. The summed E-state index contributed by atoms with van der Waals surface area (Å²) in [6.07, 6.45) is -0.833. The molecular formula is C11H11FO5S. The number of rotatable bonds is 4. The van der Waals surface area contributed by atoms with E-state index in [-0.39, 0.29) is 5.56 Å². The summed E-state index contributed by atoms with van der Waals surface area (Å²) >= 11 is 0. The lowest BCUT2D eigenvalue weighted by molar-refractivity contribution is -0.146. The molecule has 98 valence electrons. The van der Waals surface area contributed by atoms with E-state index in [4.69, 9.17) is 5.11 Å². The third-order valence-corrected chi connectivity index (χ3v) is 5.07. The summed E-state index contributed by atoms with van der Waals surface area (Å²) < 4.78 is 37.3. The third-order valence-electron chi connectivity index (χ3n) is 2.78. The van der Waals surface area contributed by atoms with Gasteiger partial charge >= 0.3 is 5.97 Å². The fraction of sp³-hybridized carbons (Fsp3) is 0.364. The molecule has 1 saturated carbocycles.